The predicted molar refractivity (Wildman–Crippen MR) is 73.7 cm³/mol. The Morgan fingerprint density at radius 3 is 2.89 bits per heavy atom. The molecule has 0 amide bonds. The molecule has 0 spiro atoms. The van der Waals surface area contributed by atoms with Gasteiger partial charge in [0, 0.05) is 31.2 Å². The van der Waals surface area contributed by atoms with Gasteiger partial charge in [-0.15, -0.1) is 0 Å². The highest BCUT2D eigenvalue weighted by molar-refractivity contribution is 7.99. The van der Waals surface area contributed by atoms with E-state index in [-0.39, 0.29) is 12.2 Å². The summed E-state index contributed by atoms with van der Waals surface area (Å²) in [5, 5.41) is 9.31. The molecule has 0 saturated carbocycles. The van der Waals surface area contributed by atoms with E-state index in [4.69, 9.17) is 14.6 Å². The number of aromatic nitrogens is 2. The standard InChI is InChI=1S/C12H20N2O4S/c1-10-9-14(3-5-18-6-4-15)12(13-11(10)16)19-8-7-17-2/h9,15H,3-8H2,1-2H3. The van der Waals surface area contributed by atoms with Crippen LogP contribution in [0.2, 0.25) is 0 Å². The van der Waals surface area contributed by atoms with Gasteiger partial charge >= 0.3 is 0 Å². The summed E-state index contributed by atoms with van der Waals surface area (Å²) in [6, 6.07) is 0. The van der Waals surface area contributed by atoms with Gasteiger partial charge in [-0.1, -0.05) is 11.8 Å². The van der Waals surface area contributed by atoms with Gasteiger partial charge in [0.25, 0.3) is 5.56 Å². The Morgan fingerprint density at radius 2 is 2.21 bits per heavy atom. The Morgan fingerprint density at radius 1 is 1.42 bits per heavy atom. The average molecular weight is 288 g/mol. The summed E-state index contributed by atoms with van der Waals surface area (Å²) in [7, 11) is 1.64. The maximum Gasteiger partial charge on any atom is 0.276 e. The van der Waals surface area contributed by atoms with E-state index in [2.05, 4.69) is 4.98 Å². The van der Waals surface area contributed by atoms with Gasteiger partial charge in [-0.2, -0.15) is 4.98 Å². The fraction of sp³-hybridized carbons (Fsp3) is 0.667. The normalized spacial score (nSPS) is 10.9. The zero-order valence-electron chi connectivity index (χ0n) is 11.3. The first-order chi connectivity index (χ1) is 9.19. The van der Waals surface area contributed by atoms with Crippen molar-refractivity contribution < 1.29 is 14.6 Å². The SMILES string of the molecule is COCCSc1nc(=O)c(C)cn1CCOCCO. The van der Waals surface area contributed by atoms with Gasteiger partial charge in [0.2, 0.25) is 0 Å². The zero-order chi connectivity index (χ0) is 14.1. The van der Waals surface area contributed by atoms with Crippen molar-refractivity contribution in [2.45, 2.75) is 18.6 Å². The molecule has 1 rings (SSSR count). The van der Waals surface area contributed by atoms with Crippen LogP contribution >= 0.6 is 11.8 Å². The summed E-state index contributed by atoms with van der Waals surface area (Å²) in [5.41, 5.74) is 0.408. The summed E-state index contributed by atoms with van der Waals surface area (Å²) in [6.45, 7) is 3.75. The first-order valence-electron chi connectivity index (χ1n) is 6.07. The third kappa shape index (κ3) is 5.73. The van der Waals surface area contributed by atoms with Crippen LogP contribution in [0, 0.1) is 6.92 Å². The van der Waals surface area contributed by atoms with Crippen molar-refractivity contribution in [1.82, 2.24) is 9.55 Å². The zero-order valence-corrected chi connectivity index (χ0v) is 12.1. The topological polar surface area (TPSA) is 73.6 Å². The van der Waals surface area contributed by atoms with Crippen molar-refractivity contribution in [1.29, 1.82) is 0 Å². The van der Waals surface area contributed by atoms with Gasteiger partial charge in [-0.3, -0.25) is 4.79 Å². The van der Waals surface area contributed by atoms with Gasteiger partial charge in [0.15, 0.2) is 5.16 Å². The quantitative estimate of drug-likeness (QED) is 0.400. The molecule has 0 atom stereocenters. The summed E-state index contributed by atoms with van der Waals surface area (Å²) in [5.74, 6) is 0.740. The van der Waals surface area contributed by atoms with Crippen LogP contribution in [0.5, 0.6) is 0 Å². The fourth-order valence-electron chi connectivity index (χ4n) is 1.40. The number of aliphatic hydroxyl groups is 1. The fourth-order valence-corrected chi connectivity index (χ4v) is 2.29. The van der Waals surface area contributed by atoms with Crippen molar-refractivity contribution in [2.24, 2.45) is 0 Å². The van der Waals surface area contributed by atoms with E-state index >= 15 is 0 Å². The van der Waals surface area contributed by atoms with Gasteiger partial charge in [-0.25, -0.2) is 0 Å². The molecule has 0 aromatic carbocycles. The lowest BCUT2D eigenvalue weighted by Gasteiger charge is -2.12. The van der Waals surface area contributed by atoms with Gasteiger partial charge in [0.1, 0.15) is 0 Å². The van der Waals surface area contributed by atoms with E-state index in [0.29, 0.717) is 37.1 Å². The van der Waals surface area contributed by atoms with Crippen molar-refractivity contribution in [3.63, 3.8) is 0 Å². The first kappa shape index (κ1) is 16.2. The minimum Gasteiger partial charge on any atom is -0.394 e. The molecule has 1 heterocycles. The minimum absolute atomic E-state index is 0.0108. The monoisotopic (exact) mass is 288 g/mol. The molecule has 1 aromatic heterocycles. The van der Waals surface area contributed by atoms with Crippen molar-refractivity contribution in [2.75, 3.05) is 39.3 Å². The lowest BCUT2D eigenvalue weighted by molar-refractivity contribution is 0.0855. The van der Waals surface area contributed by atoms with Crippen LogP contribution in [-0.4, -0.2) is 53.9 Å². The molecule has 6 nitrogen and oxygen atoms in total. The highest BCUT2D eigenvalue weighted by Gasteiger charge is 2.06. The molecule has 1 N–H and O–H groups in total. The predicted octanol–water partition coefficient (Wildman–Crippen LogP) is 0.299. The second-order valence-electron chi connectivity index (χ2n) is 3.88. The number of methoxy groups -OCH3 is 1. The third-order valence-electron chi connectivity index (χ3n) is 2.36. The van der Waals surface area contributed by atoms with Crippen LogP contribution in [0.15, 0.2) is 16.1 Å². The molecule has 0 fully saturated rings. The van der Waals surface area contributed by atoms with Crippen molar-refractivity contribution in [3.8, 4) is 0 Å². The highest BCUT2D eigenvalue weighted by atomic mass is 32.2. The second kappa shape index (κ2) is 9.08. The minimum atomic E-state index is -0.201. The molecule has 1 aromatic rings. The Hall–Kier alpha value is -0.890. The molecular weight excluding hydrogens is 268 g/mol. The average Bonchev–Trinajstić information content (AvgIpc) is 2.40. The molecule has 0 aliphatic rings. The summed E-state index contributed by atoms with van der Waals surface area (Å²) < 4.78 is 12.1. The molecule has 19 heavy (non-hydrogen) atoms. The van der Waals surface area contributed by atoms with Crippen LogP contribution in [0.25, 0.3) is 0 Å². The van der Waals surface area contributed by atoms with Gasteiger partial charge < -0.3 is 19.1 Å². The number of aliphatic hydroxyl groups excluding tert-OH is 1. The van der Waals surface area contributed by atoms with Crippen LogP contribution < -0.4 is 5.56 Å². The number of nitrogens with zero attached hydrogens (tertiary/aromatic N) is 2. The lowest BCUT2D eigenvalue weighted by Crippen LogP contribution is -2.19. The number of thioether (sulfide) groups is 1. The molecule has 0 radical (unpaired) electrons. The molecular formula is C12H20N2O4S. The second-order valence-corrected chi connectivity index (χ2v) is 4.94. The number of ether oxygens (including phenoxy) is 2. The molecule has 0 bridgehead atoms. The Labute approximate surface area is 116 Å². The number of hydrogen-bond donors (Lipinski definition) is 1. The number of hydrogen-bond acceptors (Lipinski definition) is 6. The highest BCUT2D eigenvalue weighted by Crippen LogP contribution is 2.14. The third-order valence-corrected chi connectivity index (χ3v) is 3.32. The lowest BCUT2D eigenvalue weighted by atomic mass is 10.4. The van der Waals surface area contributed by atoms with Crippen LogP contribution in [0.4, 0.5) is 0 Å². The van der Waals surface area contributed by atoms with E-state index < -0.39 is 0 Å². The summed E-state index contributed by atoms with van der Waals surface area (Å²) >= 11 is 1.48. The van der Waals surface area contributed by atoms with E-state index in [1.165, 1.54) is 11.8 Å². The van der Waals surface area contributed by atoms with E-state index in [9.17, 15) is 4.79 Å². The van der Waals surface area contributed by atoms with Crippen LogP contribution in [-0.2, 0) is 16.0 Å². The number of rotatable bonds is 9. The van der Waals surface area contributed by atoms with Crippen molar-refractivity contribution in [3.05, 3.63) is 22.1 Å². The van der Waals surface area contributed by atoms with E-state index in [1.54, 1.807) is 20.2 Å². The number of aryl methyl sites for hydroxylation is 1. The van der Waals surface area contributed by atoms with Crippen LogP contribution in [0.3, 0.4) is 0 Å². The maximum absolute atomic E-state index is 11.6. The first-order valence-corrected chi connectivity index (χ1v) is 7.06. The van der Waals surface area contributed by atoms with Crippen LogP contribution in [0.1, 0.15) is 5.56 Å². The molecule has 0 aliphatic carbocycles. The molecule has 0 saturated heterocycles. The smallest absolute Gasteiger partial charge is 0.276 e. The van der Waals surface area contributed by atoms with E-state index in [1.807, 2.05) is 4.57 Å². The molecule has 0 aliphatic heterocycles. The van der Waals surface area contributed by atoms with Crippen molar-refractivity contribution >= 4 is 11.8 Å². The van der Waals surface area contributed by atoms with Gasteiger partial charge in [-0.05, 0) is 6.92 Å². The molecule has 0 unspecified atom stereocenters. The molecule has 108 valence electrons. The molecule has 7 heteroatoms. The summed E-state index contributed by atoms with van der Waals surface area (Å²) in [6.07, 6.45) is 1.78. The summed E-state index contributed by atoms with van der Waals surface area (Å²) in [4.78, 5) is 15.6. The largest absolute Gasteiger partial charge is 0.394 e. The Bertz CT molecular complexity index is 436. The Balaban J connectivity index is 2.69. The maximum atomic E-state index is 11.6. The van der Waals surface area contributed by atoms with Gasteiger partial charge in [0.05, 0.1) is 26.4 Å². The Kier molecular flexibility index (Phi) is 7.73. The van der Waals surface area contributed by atoms with E-state index in [0.717, 1.165) is 5.75 Å².